The predicted octanol–water partition coefficient (Wildman–Crippen LogP) is 6.15. The SMILES string of the molecule is CCCCCCn1c(C=C2N=C(CCCC)N=C2Cc2ccc(C(=O)OC)cc2)c(O)n(CCCC)c1=O. The van der Waals surface area contributed by atoms with E-state index in [4.69, 9.17) is 14.7 Å². The molecular formula is C30H42N4O4. The first-order chi connectivity index (χ1) is 18.4. The number of methoxy groups -OCH3 is 1. The van der Waals surface area contributed by atoms with Gasteiger partial charge in [0.15, 0.2) is 0 Å². The molecular weight excluding hydrogens is 480 g/mol. The summed E-state index contributed by atoms with van der Waals surface area (Å²) in [5.74, 6) is 0.381. The molecule has 2 heterocycles. The number of esters is 1. The van der Waals surface area contributed by atoms with Crippen molar-refractivity contribution in [1.82, 2.24) is 9.13 Å². The van der Waals surface area contributed by atoms with Crippen LogP contribution in [-0.2, 0) is 24.2 Å². The van der Waals surface area contributed by atoms with Gasteiger partial charge < -0.3 is 9.84 Å². The molecule has 2 aromatic rings. The first-order valence-electron chi connectivity index (χ1n) is 14.0. The maximum absolute atomic E-state index is 13.3. The first-order valence-corrected chi connectivity index (χ1v) is 14.0. The van der Waals surface area contributed by atoms with E-state index in [-0.39, 0.29) is 17.5 Å². The van der Waals surface area contributed by atoms with Gasteiger partial charge in [0.2, 0.25) is 5.88 Å². The van der Waals surface area contributed by atoms with Crippen LogP contribution in [0.15, 0.2) is 44.7 Å². The van der Waals surface area contributed by atoms with Crippen LogP contribution in [0.25, 0.3) is 6.08 Å². The van der Waals surface area contributed by atoms with Crippen molar-refractivity contribution in [3.05, 3.63) is 57.3 Å². The number of rotatable bonds is 15. The molecule has 1 aliphatic rings. The Kier molecular flexibility index (Phi) is 11.1. The third-order valence-electron chi connectivity index (χ3n) is 6.79. The predicted molar refractivity (Wildman–Crippen MR) is 153 cm³/mol. The van der Waals surface area contributed by atoms with E-state index in [0.717, 1.165) is 74.9 Å². The van der Waals surface area contributed by atoms with Gasteiger partial charge in [0.1, 0.15) is 11.5 Å². The van der Waals surface area contributed by atoms with Gasteiger partial charge in [-0.15, -0.1) is 0 Å². The van der Waals surface area contributed by atoms with Crippen LogP contribution < -0.4 is 5.69 Å². The van der Waals surface area contributed by atoms with Crippen molar-refractivity contribution in [2.75, 3.05) is 7.11 Å². The average molecular weight is 523 g/mol. The molecule has 38 heavy (non-hydrogen) atoms. The molecule has 0 unspecified atom stereocenters. The quantitative estimate of drug-likeness (QED) is 0.224. The molecule has 8 nitrogen and oxygen atoms in total. The molecule has 1 aromatic carbocycles. The normalized spacial score (nSPS) is 14.2. The number of hydrogen-bond acceptors (Lipinski definition) is 6. The Hall–Kier alpha value is -3.42. The fraction of sp³-hybridized carbons (Fsp3) is 0.533. The molecule has 0 atom stereocenters. The van der Waals surface area contributed by atoms with Crippen LogP contribution in [0, 0.1) is 0 Å². The average Bonchev–Trinajstić information content (AvgIpc) is 3.41. The number of carbonyl (C=O) groups is 1. The molecule has 1 aliphatic heterocycles. The summed E-state index contributed by atoms with van der Waals surface area (Å²) in [6.07, 6.45) is 11.0. The Morgan fingerprint density at radius 2 is 1.61 bits per heavy atom. The summed E-state index contributed by atoms with van der Waals surface area (Å²) in [6, 6.07) is 7.26. The van der Waals surface area contributed by atoms with Crippen molar-refractivity contribution in [2.45, 2.75) is 98.1 Å². The number of nitrogens with zero attached hydrogens (tertiary/aromatic N) is 4. The number of unbranched alkanes of at least 4 members (excludes halogenated alkanes) is 5. The summed E-state index contributed by atoms with van der Waals surface area (Å²) in [7, 11) is 1.37. The minimum atomic E-state index is -0.375. The second kappa shape index (κ2) is 14.5. The minimum Gasteiger partial charge on any atom is -0.493 e. The molecule has 206 valence electrons. The largest absolute Gasteiger partial charge is 0.493 e. The number of amidine groups is 1. The van der Waals surface area contributed by atoms with Crippen LogP contribution in [0.1, 0.15) is 100 Å². The molecule has 3 rings (SSSR count). The third kappa shape index (κ3) is 7.33. The fourth-order valence-corrected chi connectivity index (χ4v) is 4.50. The van der Waals surface area contributed by atoms with Gasteiger partial charge in [-0.2, -0.15) is 0 Å². The van der Waals surface area contributed by atoms with E-state index < -0.39 is 0 Å². The first kappa shape index (κ1) is 29.1. The standard InChI is InChI=1S/C30H42N4O4/c1-5-8-11-12-19-33-26(28(35)34(30(33)37)18-10-7-3)21-25-24(31-27(32-25)13-9-6-2)20-22-14-16-23(17-15-22)29(36)38-4/h14-17,21,35H,5-13,18-20H2,1-4H3. The summed E-state index contributed by atoms with van der Waals surface area (Å²) < 4.78 is 7.97. The molecule has 0 saturated heterocycles. The summed E-state index contributed by atoms with van der Waals surface area (Å²) in [4.78, 5) is 34.7. The third-order valence-corrected chi connectivity index (χ3v) is 6.79. The molecule has 0 bridgehead atoms. The zero-order valence-electron chi connectivity index (χ0n) is 23.3. The van der Waals surface area contributed by atoms with Crippen LogP contribution >= 0.6 is 0 Å². The number of benzene rings is 1. The maximum Gasteiger partial charge on any atom is 0.337 e. The van der Waals surface area contributed by atoms with Crippen molar-refractivity contribution in [2.24, 2.45) is 9.98 Å². The van der Waals surface area contributed by atoms with Gasteiger partial charge in [-0.05, 0) is 43.0 Å². The lowest BCUT2D eigenvalue weighted by Gasteiger charge is -2.07. The van der Waals surface area contributed by atoms with E-state index >= 15 is 0 Å². The van der Waals surface area contributed by atoms with E-state index in [1.807, 2.05) is 18.2 Å². The number of hydrogen-bond donors (Lipinski definition) is 1. The van der Waals surface area contributed by atoms with E-state index in [0.29, 0.717) is 36.5 Å². The Morgan fingerprint density at radius 3 is 2.26 bits per heavy atom. The van der Waals surface area contributed by atoms with Gasteiger partial charge in [-0.3, -0.25) is 9.13 Å². The number of carbonyl (C=O) groups excluding carboxylic acids is 1. The van der Waals surface area contributed by atoms with E-state index in [1.165, 1.54) is 11.7 Å². The van der Waals surface area contributed by atoms with Gasteiger partial charge in [0, 0.05) is 25.9 Å². The van der Waals surface area contributed by atoms with Crippen LogP contribution in [-0.4, -0.2) is 38.9 Å². The highest BCUT2D eigenvalue weighted by molar-refractivity contribution is 6.15. The molecule has 0 amide bonds. The summed E-state index contributed by atoms with van der Waals surface area (Å²) in [5.41, 5.74) is 3.24. The van der Waals surface area contributed by atoms with Crippen LogP contribution in [0.4, 0.5) is 0 Å². The minimum absolute atomic E-state index is 0.00886. The Balaban J connectivity index is 1.98. The van der Waals surface area contributed by atoms with Crippen LogP contribution in [0.2, 0.25) is 0 Å². The molecule has 0 spiro atoms. The van der Waals surface area contributed by atoms with Crippen molar-refractivity contribution >= 4 is 23.6 Å². The molecule has 0 radical (unpaired) electrons. The number of ether oxygens (including phenoxy) is 1. The molecule has 8 heteroatoms. The van der Waals surface area contributed by atoms with Gasteiger partial charge >= 0.3 is 11.7 Å². The van der Waals surface area contributed by atoms with Gasteiger partial charge in [0.05, 0.1) is 24.1 Å². The second-order valence-corrected chi connectivity index (χ2v) is 9.79. The Morgan fingerprint density at radius 1 is 0.921 bits per heavy atom. The van der Waals surface area contributed by atoms with E-state index in [2.05, 4.69) is 20.8 Å². The second-order valence-electron chi connectivity index (χ2n) is 9.79. The number of allylic oxidation sites excluding steroid dienone is 1. The fourth-order valence-electron chi connectivity index (χ4n) is 4.50. The molecule has 0 fully saturated rings. The van der Waals surface area contributed by atoms with E-state index in [9.17, 15) is 14.7 Å². The van der Waals surface area contributed by atoms with Crippen LogP contribution in [0.5, 0.6) is 5.88 Å². The highest BCUT2D eigenvalue weighted by atomic mass is 16.5. The zero-order valence-corrected chi connectivity index (χ0v) is 23.3. The van der Waals surface area contributed by atoms with E-state index in [1.54, 1.807) is 16.7 Å². The molecule has 0 saturated carbocycles. The number of aromatic hydroxyl groups is 1. The maximum atomic E-state index is 13.3. The van der Waals surface area contributed by atoms with Crippen molar-refractivity contribution in [3.63, 3.8) is 0 Å². The van der Waals surface area contributed by atoms with Crippen molar-refractivity contribution in [3.8, 4) is 5.88 Å². The highest BCUT2D eigenvalue weighted by Gasteiger charge is 2.22. The highest BCUT2D eigenvalue weighted by Crippen LogP contribution is 2.25. The van der Waals surface area contributed by atoms with Gasteiger partial charge in [-0.25, -0.2) is 19.6 Å². The summed E-state index contributed by atoms with van der Waals surface area (Å²) in [6.45, 7) is 7.40. The lowest BCUT2D eigenvalue weighted by molar-refractivity contribution is 0.0600. The zero-order chi connectivity index (χ0) is 27.5. The smallest absolute Gasteiger partial charge is 0.337 e. The topological polar surface area (TPSA) is 98.2 Å². The number of aliphatic imine (C=N–C) groups is 2. The lowest BCUT2D eigenvalue weighted by atomic mass is 10.0. The monoisotopic (exact) mass is 522 g/mol. The Labute approximate surface area is 225 Å². The van der Waals surface area contributed by atoms with Gasteiger partial charge in [0.25, 0.3) is 0 Å². The van der Waals surface area contributed by atoms with Gasteiger partial charge in [-0.1, -0.05) is 65.0 Å². The molecule has 1 aromatic heterocycles. The molecule has 1 N–H and O–H groups in total. The summed E-state index contributed by atoms with van der Waals surface area (Å²) >= 11 is 0. The summed E-state index contributed by atoms with van der Waals surface area (Å²) in [5, 5.41) is 11.1. The Bertz CT molecular complexity index is 1230. The number of aromatic nitrogens is 2. The lowest BCUT2D eigenvalue weighted by Crippen LogP contribution is -2.25. The van der Waals surface area contributed by atoms with Crippen LogP contribution in [0.3, 0.4) is 0 Å². The molecule has 0 aliphatic carbocycles. The number of imidazole rings is 1. The van der Waals surface area contributed by atoms with Crippen molar-refractivity contribution in [1.29, 1.82) is 0 Å². The van der Waals surface area contributed by atoms with Crippen molar-refractivity contribution < 1.29 is 14.6 Å².